The number of allylic oxidation sites excluding steroid dienone is 8. The Morgan fingerprint density at radius 1 is 0.769 bits per heavy atom. The fraction of sp³-hybridized carbons (Fsp3) is 0.609. The van der Waals surface area contributed by atoms with E-state index in [9.17, 15) is 0 Å². The van der Waals surface area contributed by atoms with Crippen LogP contribution in [0, 0.1) is 23.0 Å². The minimum atomic E-state index is 0. The van der Waals surface area contributed by atoms with Gasteiger partial charge in [-0.2, -0.15) is 11.1 Å². The Labute approximate surface area is 190 Å². The summed E-state index contributed by atoms with van der Waals surface area (Å²) in [6.45, 7) is 22.0. The minimum Gasteiger partial charge on any atom is -0.147 e. The van der Waals surface area contributed by atoms with Crippen molar-refractivity contribution in [3.8, 4) is 0 Å². The molecule has 0 aliphatic heterocycles. The van der Waals surface area contributed by atoms with Crippen molar-refractivity contribution in [3.05, 3.63) is 46.6 Å². The molecular weight excluding hydrogens is 438 g/mol. The van der Waals surface area contributed by atoms with Crippen LogP contribution in [0.3, 0.4) is 0 Å². The first-order valence-electron chi connectivity index (χ1n) is 8.82. The van der Waals surface area contributed by atoms with Crippen LogP contribution < -0.4 is 0 Å². The Morgan fingerprint density at radius 3 is 1.08 bits per heavy atom. The van der Waals surface area contributed by atoms with Crippen LogP contribution in [0.15, 0.2) is 34.4 Å². The van der Waals surface area contributed by atoms with Crippen molar-refractivity contribution in [1.29, 1.82) is 0 Å². The molecule has 0 unspecified atom stereocenters. The van der Waals surface area contributed by atoms with E-state index in [4.69, 9.17) is 0 Å². The molecule has 0 spiro atoms. The number of halogens is 2. The third-order valence-corrected chi connectivity index (χ3v) is 3.82. The molecule has 0 aromatic rings. The van der Waals surface area contributed by atoms with Gasteiger partial charge in [0.15, 0.2) is 0 Å². The van der Waals surface area contributed by atoms with E-state index >= 15 is 0 Å². The molecule has 0 N–H and O–H groups in total. The minimum absolute atomic E-state index is 0. The van der Waals surface area contributed by atoms with Gasteiger partial charge in [-0.15, -0.1) is 37.7 Å². The van der Waals surface area contributed by atoms with Crippen LogP contribution in [0.4, 0.5) is 0 Å². The van der Waals surface area contributed by atoms with Gasteiger partial charge in [-0.05, 0) is 10.8 Å². The smallest absolute Gasteiger partial charge is 0.147 e. The fourth-order valence-electron chi connectivity index (χ4n) is 2.16. The zero-order chi connectivity index (χ0) is 19.1. The monoisotopic (exact) mass is 474 g/mol. The normalized spacial score (nSPS) is 15.5. The molecule has 0 saturated carbocycles. The van der Waals surface area contributed by atoms with E-state index in [-0.39, 0.29) is 24.8 Å². The molecule has 0 saturated heterocycles. The third kappa shape index (κ3) is 14.4. The second-order valence-corrected chi connectivity index (χ2v) is 11.4. The average molecular weight is 477 g/mol. The van der Waals surface area contributed by atoms with Gasteiger partial charge in [0.2, 0.25) is 0 Å². The Balaban J connectivity index is -0.000000319. The van der Waals surface area contributed by atoms with Crippen LogP contribution in [-0.2, 0) is 24.2 Å². The maximum atomic E-state index is 3.30. The van der Waals surface area contributed by atoms with Crippen LogP contribution in [-0.4, -0.2) is 3.21 Å². The van der Waals surface area contributed by atoms with Gasteiger partial charge in [0, 0.05) is 0 Å². The second-order valence-electron chi connectivity index (χ2n) is 8.91. The molecule has 0 heterocycles. The molecule has 0 atom stereocenters. The van der Waals surface area contributed by atoms with Crippen LogP contribution >= 0.6 is 24.8 Å². The largest absolute Gasteiger partial charge is 0.147 e. The Bertz CT molecular complexity index is 512. The summed E-state index contributed by atoms with van der Waals surface area (Å²) >= 11 is 1.55. The summed E-state index contributed by atoms with van der Waals surface area (Å²) in [6, 6.07) is 0. The van der Waals surface area contributed by atoms with Gasteiger partial charge in [0.25, 0.3) is 0 Å². The SMILES string of the molecule is CC1=[C-]CC(C(C)(C)C)=C1.CC1=[C-]CC(C(C)(C)C)=C1.C[C](C)=[Zr+2].Cl.Cl. The first-order valence-corrected chi connectivity index (χ1v) is 10.0. The summed E-state index contributed by atoms with van der Waals surface area (Å²) in [5, 5.41) is 0. The van der Waals surface area contributed by atoms with Crippen LogP contribution in [0.25, 0.3) is 0 Å². The third-order valence-electron chi connectivity index (χ3n) is 3.82. The van der Waals surface area contributed by atoms with E-state index in [1.54, 1.807) is 24.2 Å². The molecule has 148 valence electrons. The Kier molecular flexibility index (Phi) is 16.1. The molecule has 0 aromatic heterocycles. The molecule has 0 nitrogen and oxygen atoms in total. The first kappa shape index (κ1) is 31.0. The van der Waals surface area contributed by atoms with Crippen molar-refractivity contribution in [3.63, 3.8) is 0 Å². The van der Waals surface area contributed by atoms with E-state index in [0.717, 1.165) is 12.8 Å². The van der Waals surface area contributed by atoms with Gasteiger partial charge in [-0.3, -0.25) is 12.2 Å². The number of hydrogen-bond donors (Lipinski definition) is 0. The van der Waals surface area contributed by atoms with Crippen molar-refractivity contribution in [1.82, 2.24) is 0 Å². The molecular formula is C23H38Cl2Zr. The van der Waals surface area contributed by atoms with Crippen molar-refractivity contribution in [2.75, 3.05) is 0 Å². The molecule has 0 radical (unpaired) electrons. The van der Waals surface area contributed by atoms with Gasteiger partial charge >= 0.3 is 41.3 Å². The van der Waals surface area contributed by atoms with Crippen LogP contribution in [0.1, 0.15) is 82.1 Å². The van der Waals surface area contributed by atoms with Gasteiger partial charge < -0.3 is 0 Å². The predicted octanol–water partition coefficient (Wildman–Crippen LogP) is 7.81. The maximum Gasteiger partial charge on any atom is -0.147 e. The zero-order valence-corrected chi connectivity index (χ0v) is 22.5. The molecule has 26 heavy (non-hydrogen) atoms. The van der Waals surface area contributed by atoms with Crippen LogP contribution in [0.5, 0.6) is 0 Å². The Hall–Kier alpha value is 0.293. The van der Waals surface area contributed by atoms with Crippen molar-refractivity contribution in [2.45, 2.75) is 82.1 Å². The standard InChI is InChI=1S/2C10H15.C3H6.2ClH.Zr/c2*1-8-5-6-9(7-8)10(2,3)4;1-3-2;;;/h2*7H,6H2,1-4H3;1-2H3;2*1H;/q2*-1;;;;+2. The fourth-order valence-corrected chi connectivity index (χ4v) is 2.16. The molecule has 0 aromatic carbocycles. The Morgan fingerprint density at radius 2 is 1.00 bits per heavy atom. The summed E-state index contributed by atoms with van der Waals surface area (Å²) in [6.07, 6.45) is 13.2. The quantitative estimate of drug-likeness (QED) is 0.313. The van der Waals surface area contributed by atoms with E-state index in [1.807, 2.05) is 0 Å². The molecule has 3 heteroatoms. The molecule has 2 aliphatic carbocycles. The van der Waals surface area contributed by atoms with E-state index in [2.05, 4.69) is 93.5 Å². The van der Waals surface area contributed by atoms with E-state index < -0.39 is 0 Å². The summed E-state index contributed by atoms with van der Waals surface area (Å²) in [4.78, 5) is 0. The van der Waals surface area contributed by atoms with Gasteiger partial charge in [-0.25, -0.2) is 23.3 Å². The van der Waals surface area contributed by atoms with E-state index in [1.165, 1.54) is 25.5 Å². The first-order chi connectivity index (χ1) is 10.7. The van der Waals surface area contributed by atoms with E-state index in [0.29, 0.717) is 10.8 Å². The maximum absolute atomic E-state index is 3.30. The van der Waals surface area contributed by atoms with Gasteiger partial charge in [0.05, 0.1) is 0 Å². The summed E-state index contributed by atoms with van der Waals surface area (Å²) in [5.41, 5.74) is 6.28. The average Bonchev–Trinajstić information content (AvgIpc) is 2.96. The number of rotatable bonds is 0. The molecule has 0 amide bonds. The van der Waals surface area contributed by atoms with Crippen molar-refractivity contribution in [2.24, 2.45) is 10.8 Å². The van der Waals surface area contributed by atoms with Crippen LogP contribution in [0.2, 0.25) is 0 Å². The summed E-state index contributed by atoms with van der Waals surface area (Å²) < 4.78 is 1.51. The van der Waals surface area contributed by atoms with Gasteiger partial charge in [-0.1, -0.05) is 55.4 Å². The molecule has 2 aliphatic rings. The van der Waals surface area contributed by atoms with Gasteiger partial charge in [0.1, 0.15) is 0 Å². The van der Waals surface area contributed by atoms with Crippen molar-refractivity contribution >= 4 is 28.0 Å². The number of hydrogen-bond acceptors (Lipinski definition) is 0. The molecule has 0 bridgehead atoms. The molecule has 2 rings (SSSR count). The predicted molar refractivity (Wildman–Crippen MR) is 120 cm³/mol. The topological polar surface area (TPSA) is 0 Å². The molecule has 0 fully saturated rings. The summed E-state index contributed by atoms with van der Waals surface area (Å²) in [7, 11) is 0. The summed E-state index contributed by atoms with van der Waals surface area (Å²) in [5.74, 6) is 0. The van der Waals surface area contributed by atoms with Crippen molar-refractivity contribution < 1.29 is 24.2 Å². The second kappa shape index (κ2) is 13.5. The zero-order valence-electron chi connectivity index (χ0n) is 18.4.